The van der Waals surface area contributed by atoms with Gasteiger partial charge in [0.2, 0.25) is 0 Å². The van der Waals surface area contributed by atoms with Gasteiger partial charge in [0.25, 0.3) is 0 Å². The second kappa shape index (κ2) is 5.35. The minimum Gasteiger partial charge on any atom is -0.382 e. The Balaban J connectivity index is 1.94. The number of hydrogen-bond acceptors (Lipinski definition) is 2. The van der Waals surface area contributed by atoms with Gasteiger partial charge in [0.15, 0.2) is 5.78 Å². The van der Waals surface area contributed by atoms with Crippen LogP contribution < -0.4 is 5.32 Å². The lowest BCUT2D eigenvalue weighted by atomic mass is 10.1. The van der Waals surface area contributed by atoms with Crippen molar-refractivity contribution >= 4 is 11.5 Å². The second-order valence-electron chi connectivity index (χ2n) is 5.06. The first-order valence-corrected chi connectivity index (χ1v) is 6.56. The highest BCUT2D eigenvalue weighted by Gasteiger charge is 2.24. The molecule has 0 aliphatic heterocycles. The van der Waals surface area contributed by atoms with Crippen LogP contribution in [0.5, 0.6) is 0 Å². The molecule has 1 aromatic carbocycles. The average Bonchev–Trinajstić information content (AvgIpc) is 3.13. The fourth-order valence-electron chi connectivity index (χ4n) is 2.12. The van der Waals surface area contributed by atoms with Gasteiger partial charge in [-0.25, -0.2) is 0 Å². The molecule has 0 amide bonds. The van der Waals surface area contributed by atoms with Crippen LogP contribution in [0.25, 0.3) is 0 Å². The number of carbonyl (C=O) groups excluding carboxylic acids is 1. The number of hydrogen-bond donors (Lipinski definition) is 1. The van der Waals surface area contributed by atoms with E-state index in [9.17, 15) is 4.79 Å². The fourth-order valence-corrected chi connectivity index (χ4v) is 2.12. The van der Waals surface area contributed by atoms with Crippen molar-refractivity contribution in [3.05, 3.63) is 29.8 Å². The SMILES string of the molecule is CCC(CC1CC1)Nc1ccc(C(C)=O)cc1. The first kappa shape index (κ1) is 12.2. The molecule has 0 heterocycles. The lowest BCUT2D eigenvalue weighted by molar-refractivity contribution is 0.101. The Morgan fingerprint density at radius 2 is 2.00 bits per heavy atom. The molecule has 1 aliphatic carbocycles. The van der Waals surface area contributed by atoms with Crippen LogP contribution in [-0.2, 0) is 0 Å². The monoisotopic (exact) mass is 231 g/mol. The molecule has 0 radical (unpaired) electrons. The lowest BCUT2D eigenvalue weighted by Crippen LogP contribution is -2.19. The van der Waals surface area contributed by atoms with Crippen LogP contribution in [0.2, 0.25) is 0 Å². The zero-order valence-corrected chi connectivity index (χ0v) is 10.7. The van der Waals surface area contributed by atoms with Crippen molar-refractivity contribution in [3.8, 4) is 0 Å². The topological polar surface area (TPSA) is 29.1 Å². The molecule has 1 N–H and O–H groups in total. The molecule has 0 spiro atoms. The van der Waals surface area contributed by atoms with E-state index in [-0.39, 0.29) is 5.78 Å². The van der Waals surface area contributed by atoms with Gasteiger partial charge in [-0.1, -0.05) is 19.8 Å². The van der Waals surface area contributed by atoms with Crippen LogP contribution in [0.1, 0.15) is 49.9 Å². The Bertz CT molecular complexity index is 378. The number of Topliss-reactive ketones (excluding diaryl/α,β-unsaturated/α-hetero) is 1. The van der Waals surface area contributed by atoms with E-state index in [4.69, 9.17) is 0 Å². The second-order valence-corrected chi connectivity index (χ2v) is 5.06. The molecule has 0 aromatic heterocycles. The van der Waals surface area contributed by atoms with Gasteiger partial charge < -0.3 is 5.32 Å². The van der Waals surface area contributed by atoms with Crippen LogP contribution in [-0.4, -0.2) is 11.8 Å². The van der Waals surface area contributed by atoms with E-state index in [2.05, 4.69) is 12.2 Å². The summed E-state index contributed by atoms with van der Waals surface area (Å²) in [4.78, 5) is 11.2. The quantitative estimate of drug-likeness (QED) is 0.753. The number of benzene rings is 1. The molecule has 1 atom stereocenters. The molecule has 1 saturated carbocycles. The van der Waals surface area contributed by atoms with E-state index in [0.717, 1.165) is 23.6 Å². The Morgan fingerprint density at radius 1 is 1.35 bits per heavy atom. The van der Waals surface area contributed by atoms with Crippen molar-refractivity contribution in [2.24, 2.45) is 5.92 Å². The van der Waals surface area contributed by atoms with Gasteiger partial charge in [-0.05, 0) is 49.9 Å². The molecular formula is C15H21NO. The first-order chi connectivity index (χ1) is 8.19. The van der Waals surface area contributed by atoms with Gasteiger partial charge in [-0.3, -0.25) is 4.79 Å². The molecule has 0 saturated heterocycles. The lowest BCUT2D eigenvalue weighted by Gasteiger charge is -2.18. The van der Waals surface area contributed by atoms with Crippen molar-refractivity contribution in [2.75, 3.05) is 5.32 Å². The molecule has 17 heavy (non-hydrogen) atoms. The van der Waals surface area contributed by atoms with Gasteiger partial charge in [-0.15, -0.1) is 0 Å². The number of carbonyl (C=O) groups is 1. The maximum absolute atomic E-state index is 11.2. The number of ketones is 1. The van der Waals surface area contributed by atoms with Crippen molar-refractivity contribution in [1.29, 1.82) is 0 Å². The van der Waals surface area contributed by atoms with Crippen LogP contribution in [0, 0.1) is 5.92 Å². The van der Waals surface area contributed by atoms with Crippen molar-refractivity contribution < 1.29 is 4.79 Å². The highest BCUT2D eigenvalue weighted by atomic mass is 16.1. The van der Waals surface area contributed by atoms with Crippen LogP contribution in [0.4, 0.5) is 5.69 Å². The minimum atomic E-state index is 0.126. The molecule has 2 nitrogen and oxygen atoms in total. The molecule has 1 aliphatic rings. The highest BCUT2D eigenvalue weighted by Crippen LogP contribution is 2.34. The maximum Gasteiger partial charge on any atom is 0.159 e. The van der Waals surface area contributed by atoms with Gasteiger partial charge >= 0.3 is 0 Å². The number of anilines is 1. The van der Waals surface area contributed by atoms with E-state index < -0.39 is 0 Å². The van der Waals surface area contributed by atoms with Crippen molar-refractivity contribution in [2.45, 2.75) is 45.6 Å². The van der Waals surface area contributed by atoms with Crippen LogP contribution in [0.15, 0.2) is 24.3 Å². The third kappa shape index (κ3) is 3.58. The summed E-state index contributed by atoms with van der Waals surface area (Å²) in [5.74, 6) is 1.07. The third-order valence-electron chi connectivity index (χ3n) is 3.47. The summed E-state index contributed by atoms with van der Waals surface area (Å²) in [6, 6.07) is 8.38. The van der Waals surface area contributed by atoms with Crippen molar-refractivity contribution in [1.82, 2.24) is 0 Å². The molecule has 0 bridgehead atoms. The van der Waals surface area contributed by atoms with Gasteiger partial charge in [0.05, 0.1) is 0 Å². The predicted molar refractivity (Wildman–Crippen MR) is 71.5 cm³/mol. The molecule has 92 valence electrons. The van der Waals surface area contributed by atoms with Gasteiger partial charge in [0.1, 0.15) is 0 Å². The van der Waals surface area contributed by atoms with Crippen LogP contribution in [0.3, 0.4) is 0 Å². The summed E-state index contributed by atoms with van der Waals surface area (Å²) in [6.07, 6.45) is 5.25. The molecule has 1 aromatic rings. The van der Waals surface area contributed by atoms with E-state index in [1.807, 2.05) is 24.3 Å². The maximum atomic E-state index is 11.2. The summed E-state index contributed by atoms with van der Waals surface area (Å²) in [6.45, 7) is 3.83. The summed E-state index contributed by atoms with van der Waals surface area (Å²) in [7, 11) is 0. The van der Waals surface area contributed by atoms with Gasteiger partial charge in [-0.2, -0.15) is 0 Å². The van der Waals surface area contributed by atoms with E-state index in [1.54, 1.807) is 6.92 Å². The van der Waals surface area contributed by atoms with Gasteiger partial charge in [0, 0.05) is 17.3 Å². The number of rotatable bonds is 6. The summed E-state index contributed by atoms with van der Waals surface area (Å²) >= 11 is 0. The Hall–Kier alpha value is -1.31. The van der Waals surface area contributed by atoms with E-state index in [0.29, 0.717) is 6.04 Å². The molecule has 1 unspecified atom stereocenters. The Labute approximate surface area is 103 Å². The van der Waals surface area contributed by atoms with E-state index in [1.165, 1.54) is 19.3 Å². The van der Waals surface area contributed by atoms with Crippen molar-refractivity contribution in [3.63, 3.8) is 0 Å². The minimum absolute atomic E-state index is 0.126. The largest absolute Gasteiger partial charge is 0.382 e. The Kier molecular flexibility index (Phi) is 3.82. The fraction of sp³-hybridized carbons (Fsp3) is 0.533. The molecule has 2 heteroatoms. The van der Waals surface area contributed by atoms with Crippen LogP contribution >= 0.6 is 0 Å². The third-order valence-corrected chi connectivity index (χ3v) is 3.47. The number of nitrogens with one attached hydrogen (secondary N) is 1. The zero-order valence-electron chi connectivity index (χ0n) is 10.7. The Morgan fingerprint density at radius 3 is 2.47 bits per heavy atom. The average molecular weight is 231 g/mol. The van der Waals surface area contributed by atoms with E-state index >= 15 is 0 Å². The predicted octanol–water partition coefficient (Wildman–Crippen LogP) is 3.88. The smallest absolute Gasteiger partial charge is 0.159 e. The zero-order chi connectivity index (χ0) is 12.3. The molecular weight excluding hydrogens is 210 g/mol. The first-order valence-electron chi connectivity index (χ1n) is 6.56. The summed E-state index contributed by atoms with van der Waals surface area (Å²) < 4.78 is 0. The molecule has 2 rings (SSSR count). The summed E-state index contributed by atoms with van der Waals surface area (Å²) in [5, 5.41) is 3.55. The summed E-state index contributed by atoms with van der Waals surface area (Å²) in [5.41, 5.74) is 1.91. The normalized spacial score (nSPS) is 16.6. The highest BCUT2D eigenvalue weighted by molar-refractivity contribution is 5.94. The standard InChI is InChI=1S/C15H21NO/c1-3-14(10-12-4-5-12)16-15-8-6-13(7-9-15)11(2)17/h6-9,12,14,16H,3-5,10H2,1-2H3. The molecule has 1 fully saturated rings.